The van der Waals surface area contributed by atoms with E-state index in [2.05, 4.69) is 5.32 Å². The molecule has 0 amide bonds. The Balaban J connectivity index is 1.64. The number of methoxy groups -OCH3 is 1. The number of ether oxygens (including phenoxy) is 3. The van der Waals surface area contributed by atoms with Crippen LogP contribution in [0.1, 0.15) is 24.0 Å². The second-order valence-electron chi connectivity index (χ2n) is 6.40. The maximum Gasteiger partial charge on any atom is 0.180 e. The molecule has 0 aliphatic carbocycles. The third-order valence-corrected chi connectivity index (χ3v) is 5.03. The van der Waals surface area contributed by atoms with E-state index in [9.17, 15) is 4.39 Å². The van der Waals surface area contributed by atoms with Gasteiger partial charge in [-0.05, 0) is 42.7 Å². The summed E-state index contributed by atoms with van der Waals surface area (Å²) >= 11 is 12.4. The Morgan fingerprint density at radius 3 is 2.78 bits per heavy atom. The number of benzene rings is 2. The first-order chi connectivity index (χ1) is 13.1. The molecule has 1 aliphatic heterocycles. The molecule has 0 saturated carbocycles. The van der Waals surface area contributed by atoms with Crippen molar-refractivity contribution < 1.29 is 18.6 Å². The van der Waals surface area contributed by atoms with Gasteiger partial charge < -0.3 is 19.5 Å². The molecule has 7 heteroatoms. The second kappa shape index (κ2) is 9.60. The molecule has 1 atom stereocenters. The summed E-state index contributed by atoms with van der Waals surface area (Å²) in [6.45, 7) is 2.46. The molecule has 4 nitrogen and oxygen atoms in total. The van der Waals surface area contributed by atoms with Crippen LogP contribution < -0.4 is 14.8 Å². The molecule has 1 saturated heterocycles. The van der Waals surface area contributed by atoms with E-state index in [0.29, 0.717) is 33.7 Å². The highest BCUT2D eigenvalue weighted by molar-refractivity contribution is 6.32. The van der Waals surface area contributed by atoms with Crippen LogP contribution in [0.5, 0.6) is 11.5 Å². The fourth-order valence-electron chi connectivity index (χ4n) is 2.99. The van der Waals surface area contributed by atoms with Crippen LogP contribution in [0.25, 0.3) is 0 Å². The summed E-state index contributed by atoms with van der Waals surface area (Å²) in [5.74, 6) is 0.580. The van der Waals surface area contributed by atoms with Crippen molar-refractivity contribution in [1.82, 2.24) is 5.32 Å². The lowest BCUT2D eigenvalue weighted by molar-refractivity contribution is 0.110. The number of nitrogens with one attached hydrogen (secondary N) is 1. The van der Waals surface area contributed by atoms with Gasteiger partial charge in [0.2, 0.25) is 0 Å². The van der Waals surface area contributed by atoms with E-state index in [0.717, 1.165) is 31.6 Å². The average molecular weight is 414 g/mol. The van der Waals surface area contributed by atoms with Crippen molar-refractivity contribution in [3.05, 3.63) is 57.3 Å². The lowest BCUT2D eigenvalue weighted by Crippen LogP contribution is -2.25. The zero-order valence-corrected chi connectivity index (χ0v) is 16.6. The minimum absolute atomic E-state index is 0.159. The quantitative estimate of drug-likeness (QED) is 0.661. The van der Waals surface area contributed by atoms with Gasteiger partial charge in [0.25, 0.3) is 0 Å². The average Bonchev–Trinajstić information content (AvgIpc) is 3.15. The molecule has 3 rings (SSSR count). The van der Waals surface area contributed by atoms with Gasteiger partial charge in [-0.2, -0.15) is 0 Å². The van der Waals surface area contributed by atoms with Crippen molar-refractivity contribution in [1.29, 1.82) is 0 Å². The maximum atomic E-state index is 13.2. The Kier molecular flexibility index (Phi) is 7.19. The first-order valence-corrected chi connectivity index (χ1v) is 9.58. The van der Waals surface area contributed by atoms with Crippen LogP contribution in [0, 0.1) is 5.82 Å². The highest BCUT2D eigenvalue weighted by Gasteiger charge is 2.16. The molecule has 2 aromatic carbocycles. The van der Waals surface area contributed by atoms with E-state index < -0.39 is 0 Å². The van der Waals surface area contributed by atoms with E-state index in [1.165, 1.54) is 12.1 Å². The molecule has 0 bridgehead atoms. The smallest absolute Gasteiger partial charge is 0.180 e. The van der Waals surface area contributed by atoms with Crippen molar-refractivity contribution in [2.75, 3.05) is 20.3 Å². The van der Waals surface area contributed by atoms with Crippen LogP contribution in [0.4, 0.5) is 4.39 Å². The molecule has 27 heavy (non-hydrogen) atoms. The van der Waals surface area contributed by atoms with Crippen LogP contribution in [0.3, 0.4) is 0 Å². The lowest BCUT2D eigenvalue weighted by Gasteiger charge is -2.16. The SMILES string of the molecule is COc1cc(CNC[C@@H]2CCCO2)cc(Cl)c1OCc1ccc(F)cc1Cl. The Hall–Kier alpha value is -1.53. The minimum atomic E-state index is -0.390. The van der Waals surface area contributed by atoms with Gasteiger partial charge in [-0.25, -0.2) is 4.39 Å². The topological polar surface area (TPSA) is 39.7 Å². The van der Waals surface area contributed by atoms with Crippen molar-refractivity contribution in [2.24, 2.45) is 0 Å². The van der Waals surface area contributed by atoms with E-state index in [1.54, 1.807) is 13.2 Å². The molecule has 1 fully saturated rings. The summed E-state index contributed by atoms with van der Waals surface area (Å²) in [7, 11) is 1.56. The fourth-order valence-corrected chi connectivity index (χ4v) is 3.50. The zero-order chi connectivity index (χ0) is 19.2. The van der Waals surface area contributed by atoms with E-state index in [1.807, 2.05) is 12.1 Å². The Labute approximate surface area is 168 Å². The Morgan fingerprint density at radius 1 is 1.22 bits per heavy atom. The van der Waals surface area contributed by atoms with E-state index in [-0.39, 0.29) is 18.5 Å². The first-order valence-electron chi connectivity index (χ1n) is 8.82. The molecule has 0 aromatic heterocycles. The Bertz CT molecular complexity index is 782. The van der Waals surface area contributed by atoms with Crippen LogP contribution in [-0.2, 0) is 17.9 Å². The van der Waals surface area contributed by atoms with Crippen molar-refractivity contribution in [3.8, 4) is 11.5 Å². The predicted octanol–water partition coefficient (Wildman–Crippen LogP) is 4.99. The lowest BCUT2D eigenvalue weighted by atomic mass is 10.2. The van der Waals surface area contributed by atoms with Crippen molar-refractivity contribution in [3.63, 3.8) is 0 Å². The molecule has 0 spiro atoms. The Morgan fingerprint density at radius 2 is 2.07 bits per heavy atom. The normalized spacial score (nSPS) is 16.5. The molecule has 0 unspecified atom stereocenters. The zero-order valence-electron chi connectivity index (χ0n) is 15.1. The van der Waals surface area contributed by atoms with Crippen molar-refractivity contribution >= 4 is 23.2 Å². The molecule has 146 valence electrons. The van der Waals surface area contributed by atoms with Crippen LogP contribution in [0.2, 0.25) is 10.0 Å². The van der Waals surface area contributed by atoms with Gasteiger partial charge in [-0.15, -0.1) is 0 Å². The summed E-state index contributed by atoms with van der Waals surface area (Å²) in [5, 5.41) is 4.13. The fraction of sp³-hybridized carbons (Fsp3) is 0.400. The van der Waals surface area contributed by atoms with Gasteiger partial charge in [0, 0.05) is 25.3 Å². The largest absolute Gasteiger partial charge is 0.493 e. The van der Waals surface area contributed by atoms with Gasteiger partial charge in [-0.3, -0.25) is 0 Å². The van der Waals surface area contributed by atoms with Crippen molar-refractivity contribution in [2.45, 2.75) is 32.1 Å². The first kappa shape index (κ1) is 20.2. The molecule has 1 aliphatic rings. The minimum Gasteiger partial charge on any atom is -0.493 e. The summed E-state index contributed by atoms with van der Waals surface area (Å²) in [6, 6.07) is 7.90. The number of hydrogen-bond donors (Lipinski definition) is 1. The van der Waals surface area contributed by atoms with Gasteiger partial charge >= 0.3 is 0 Å². The van der Waals surface area contributed by atoms with E-state index in [4.69, 9.17) is 37.4 Å². The molecular weight excluding hydrogens is 392 g/mol. The highest BCUT2D eigenvalue weighted by atomic mass is 35.5. The van der Waals surface area contributed by atoms with Gasteiger partial charge in [0.05, 0.1) is 23.3 Å². The van der Waals surface area contributed by atoms with Crippen LogP contribution in [0.15, 0.2) is 30.3 Å². The third kappa shape index (κ3) is 5.48. The van der Waals surface area contributed by atoms with Gasteiger partial charge in [0.15, 0.2) is 11.5 Å². The molecular formula is C20H22Cl2FNO3. The molecule has 2 aromatic rings. The molecule has 1 N–H and O–H groups in total. The summed E-state index contributed by atoms with van der Waals surface area (Å²) < 4.78 is 30.0. The number of hydrogen-bond acceptors (Lipinski definition) is 4. The van der Waals surface area contributed by atoms with Gasteiger partial charge in [-0.1, -0.05) is 29.3 Å². The highest BCUT2D eigenvalue weighted by Crippen LogP contribution is 2.37. The van der Waals surface area contributed by atoms with Crippen LogP contribution >= 0.6 is 23.2 Å². The predicted molar refractivity (Wildman–Crippen MR) is 104 cm³/mol. The summed E-state index contributed by atoms with van der Waals surface area (Å²) in [5.41, 5.74) is 1.65. The second-order valence-corrected chi connectivity index (χ2v) is 7.21. The maximum absolute atomic E-state index is 13.2. The standard InChI is InChI=1S/C20H22Cl2FNO3/c1-25-19-8-13(10-24-11-16-3-2-6-26-16)7-18(22)20(19)27-12-14-4-5-15(23)9-17(14)21/h4-5,7-9,16,24H,2-3,6,10-12H2,1H3/t16-/m0/s1. The van der Waals surface area contributed by atoms with Crippen LogP contribution in [-0.4, -0.2) is 26.4 Å². The monoisotopic (exact) mass is 413 g/mol. The summed E-state index contributed by atoms with van der Waals surface area (Å²) in [4.78, 5) is 0. The number of rotatable bonds is 8. The van der Waals surface area contributed by atoms with E-state index >= 15 is 0 Å². The number of halogens is 3. The summed E-state index contributed by atoms with van der Waals surface area (Å²) in [6.07, 6.45) is 2.50. The third-order valence-electron chi connectivity index (χ3n) is 4.40. The van der Waals surface area contributed by atoms with Gasteiger partial charge in [0.1, 0.15) is 12.4 Å². The molecule has 1 heterocycles. The molecule has 0 radical (unpaired) electrons.